The molecule has 1 aromatic heterocycles. The van der Waals surface area contributed by atoms with Crippen molar-refractivity contribution in [1.29, 1.82) is 0 Å². The summed E-state index contributed by atoms with van der Waals surface area (Å²) in [5, 5.41) is 11.7. The summed E-state index contributed by atoms with van der Waals surface area (Å²) in [5.74, 6) is 1.12. The highest BCUT2D eigenvalue weighted by Crippen LogP contribution is 2.35. The average molecular weight is 492 g/mol. The van der Waals surface area contributed by atoms with Crippen LogP contribution >= 0.6 is 0 Å². The summed E-state index contributed by atoms with van der Waals surface area (Å²) in [7, 11) is 0. The van der Waals surface area contributed by atoms with Crippen LogP contribution in [-0.4, -0.2) is 71.9 Å². The molecule has 0 saturated carbocycles. The third-order valence-electron chi connectivity index (χ3n) is 7.60. The van der Waals surface area contributed by atoms with Crippen LogP contribution in [0, 0.1) is 0 Å². The van der Waals surface area contributed by atoms with Crippen molar-refractivity contribution in [2.75, 3.05) is 45.9 Å². The van der Waals surface area contributed by atoms with Gasteiger partial charge in [0.15, 0.2) is 0 Å². The molecule has 0 bridgehead atoms. The number of aliphatic hydroxyl groups is 1. The van der Waals surface area contributed by atoms with Crippen LogP contribution in [0.5, 0.6) is 5.75 Å². The number of piperazine rings is 1. The Morgan fingerprint density at radius 2 is 1.46 bits per heavy atom. The number of aliphatic hydroxyl groups excluding tert-OH is 1. The number of hydrogen-bond donors (Lipinski definition) is 1. The van der Waals surface area contributed by atoms with Crippen molar-refractivity contribution in [3.63, 3.8) is 0 Å². The van der Waals surface area contributed by atoms with Crippen molar-refractivity contribution in [3.8, 4) is 5.75 Å². The van der Waals surface area contributed by atoms with Gasteiger partial charge in [0, 0.05) is 56.8 Å². The van der Waals surface area contributed by atoms with E-state index in [4.69, 9.17) is 4.74 Å². The molecule has 1 atom stereocenters. The van der Waals surface area contributed by atoms with Crippen molar-refractivity contribution >= 4 is 23.1 Å². The summed E-state index contributed by atoms with van der Waals surface area (Å²) in [6, 6.07) is 27.3. The summed E-state index contributed by atoms with van der Waals surface area (Å²) in [4.78, 5) is 9.31. The van der Waals surface area contributed by atoms with Gasteiger partial charge in [-0.05, 0) is 46.5 Å². The van der Waals surface area contributed by atoms with Gasteiger partial charge in [0.25, 0.3) is 0 Å². The Hall–Kier alpha value is -3.51. The Balaban J connectivity index is 1.05. The Morgan fingerprint density at radius 3 is 2.19 bits per heavy atom. The summed E-state index contributed by atoms with van der Waals surface area (Å²) in [6.45, 7) is 5.79. The monoisotopic (exact) mass is 491 g/mol. The van der Waals surface area contributed by atoms with Crippen LogP contribution < -0.4 is 4.74 Å². The van der Waals surface area contributed by atoms with E-state index in [9.17, 15) is 5.11 Å². The molecule has 0 amide bonds. The normalized spacial score (nSPS) is 17.2. The van der Waals surface area contributed by atoms with E-state index in [0.717, 1.165) is 49.4 Å². The van der Waals surface area contributed by atoms with Gasteiger partial charge in [-0.1, -0.05) is 66.7 Å². The second-order valence-corrected chi connectivity index (χ2v) is 10.0. The van der Waals surface area contributed by atoms with Gasteiger partial charge < -0.3 is 9.84 Å². The molecule has 5 nitrogen and oxygen atoms in total. The topological polar surface area (TPSA) is 48.8 Å². The zero-order chi connectivity index (χ0) is 25.0. The highest BCUT2D eigenvalue weighted by atomic mass is 16.5. The van der Waals surface area contributed by atoms with E-state index in [-0.39, 0.29) is 6.61 Å². The average Bonchev–Trinajstić information content (AvgIpc) is 3.10. The SMILES string of the molecule is OC(COc1cccc2ncccc12)CN1CCN(CC2c3ccccc3C=Cc3ccccc32)CC1. The smallest absolute Gasteiger partial charge is 0.128 e. The lowest BCUT2D eigenvalue weighted by atomic mass is 9.87. The van der Waals surface area contributed by atoms with Crippen LogP contribution in [-0.2, 0) is 0 Å². The van der Waals surface area contributed by atoms with E-state index in [1.807, 2.05) is 30.3 Å². The van der Waals surface area contributed by atoms with Gasteiger partial charge in [-0.25, -0.2) is 0 Å². The zero-order valence-electron chi connectivity index (χ0n) is 21.0. The van der Waals surface area contributed by atoms with Crippen LogP contribution in [0.15, 0.2) is 85.1 Å². The molecule has 1 fully saturated rings. The van der Waals surface area contributed by atoms with Gasteiger partial charge in [0.05, 0.1) is 5.52 Å². The molecule has 37 heavy (non-hydrogen) atoms. The number of ether oxygens (including phenoxy) is 1. The van der Waals surface area contributed by atoms with Crippen LogP contribution in [0.25, 0.3) is 23.1 Å². The fourth-order valence-corrected chi connectivity index (χ4v) is 5.65. The first kappa shape index (κ1) is 23.9. The van der Waals surface area contributed by atoms with Gasteiger partial charge in [0.1, 0.15) is 18.5 Å². The van der Waals surface area contributed by atoms with Gasteiger partial charge in [0.2, 0.25) is 0 Å². The van der Waals surface area contributed by atoms with E-state index < -0.39 is 6.10 Å². The number of fused-ring (bicyclic) bond motifs is 3. The number of benzene rings is 3. The molecule has 4 aromatic rings. The minimum Gasteiger partial charge on any atom is -0.490 e. The zero-order valence-corrected chi connectivity index (χ0v) is 21.0. The van der Waals surface area contributed by atoms with E-state index in [1.165, 1.54) is 22.3 Å². The Morgan fingerprint density at radius 1 is 0.784 bits per heavy atom. The fraction of sp³-hybridized carbons (Fsp3) is 0.281. The quantitative estimate of drug-likeness (QED) is 0.398. The third-order valence-corrected chi connectivity index (χ3v) is 7.60. The lowest BCUT2D eigenvalue weighted by Crippen LogP contribution is -2.50. The van der Waals surface area contributed by atoms with Crippen LogP contribution in [0.2, 0.25) is 0 Å². The maximum absolute atomic E-state index is 10.7. The first-order valence-corrected chi connectivity index (χ1v) is 13.2. The van der Waals surface area contributed by atoms with E-state index >= 15 is 0 Å². The number of β-amino-alcohol motifs (C(OH)–C–C–N with tert-alkyl or cyclic N) is 1. The summed E-state index contributed by atoms with van der Waals surface area (Å²) < 4.78 is 5.99. The highest BCUT2D eigenvalue weighted by Gasteiger charge is 2.26. The minimum atomic E-state index is -0.537. The molecule has 5 heteroatoms. The molecular formula is C32H33N3O2. The van der Waals surface area contributed by atoms with Crippen molar-refractivity contribution < 1.29 is 9.84 Å². The maximum Gasteiger partial charge on any atom is 0.128 e. The van der Waals surface area contributed by atoms with Crippen molar-refractivity contribution in [3.05, 3.63) is 107 Å². The van der Waals surface area contributed by atoms with E-state index in [2.05, 4.69) is 75.5 Å². The second-order valence-electron chi connectivity index (χ2n) is 10.0. The standard InChI is InChI=1S/C32H33N3O2/c36-26(23-37-32-13-5-12-31-29(32)11-6-16-33-31)21-34-17-19-35(20-18-34)22-30-27-9-3-1-7-24(27)14-15-25-8-2-4-10-28(25)30/h1-16,26,30,36H,17-23H2. The van der Waals surface area contributed by atoms with Crippen molar-refractivity contribution in [2.45, 2.75) is 12.0 Å². The Bertz CT molecular complexity index is 1340. The molecule has 1 saturated heterocycles. The molecule has 2 aliphatic rings. The Labute approximate surface area is 218 Å². The minimum absolute atomic E-state index is 0.275. The summed E-state index contributed by atoms with van der Waals surface area (Å²) >= 11 is 0. The number of aromatic nitrogens is 1. The van der Waals surface area contributed by atoms with Gasteiger partial charge >= 0.3 is 0 Å². The molecule has 188 valence electrons. The van der Waals surface area contributed by atoms with Crippen LogP contribution in [0.1, 0.15) is 28.2 Å². The fourth-order valence-electron chi connectivity index (χ4n) is 5.65. The van der Waals surface area contributed by atoms with Crippen molar-refractivity contribution in [2.24, 2.45) is 0 Å². The molecule has 0 spiro atoms. The molecule has 6 rings (SSSR count). The number of nitrogens with zero attached hydrogens (tertiary/aromatic N) is 3. The van der Waals surface area contributed by atoms with Crippen LogP contribution in [0.4, 0.5) is 0 Å². The summed E-state index contributed by atoms with van der Waals surface area (Å²) in [6.07, 6.45) is 5.75. The first-order chi connectivity index (χ1) is 18.2. The molecule has 1 unspecified atom stereocenters. The summed E-state index contributed by atoms with van der Waals surface area (Å²) in [5.41, 5.74) is 6.34. The molecular weight excluding hydrogens is 458 g/mol. The Kier molecular flexibility index (Phi) is 7.00. The lowest BCUT2D eigenvalue weighted by Gasteiger charge is -2.37. The predicted molar refractivity (Wildman–Crippen MR) is 150 cm³/mol. The predicted octanol–water partition coefficient (Wildman–Crippen LogP) is 4.91. The van der Waals surface area contributed by atoms with E-state index in [1.54, 1.807) is 6.20 Å². The van der Waals surface area contributed by atoms with Gasteiger partial charge in [-0.3, -0.25) is 14.8 Å². The first-order valence-electron chi connectivity index (χ1n) is 13.2. The number of pyridine rings is 1. The van der Waals surface area contributed by atoms with Gasteiger partial charge in [-0.15, -0.1) is 0 Å². The highest BCUT2D eigenvalue weighted by molar-refractivity contribution is 5.84. The van der Waals surface area contributed by atoms with Gasteiger partial charge in [-0.2, -0.15) is 0 Å². The van der Waals surface area contributed by atoms with Crippen LogP contribution in [0.3, 0.4) is 0 Å². The largest absolute Gasteiger partial charge is 0.490 e. The second kappa shape index (κ2) is 10.9. The molecule has 1 aliphatic heterocycles. The molecule has 2 heterocycles. The maximum atomic E-state index is 10.7. The molecule has 0 radical (unpaired) electrons. The van der Waals surface area contributed by atoms with Crippen molar-refractivity contribution in [1.82, 2.24) is 14.8 Å². The number of rotatable bonds is 7. The molecule has 1 N–H and O–H groups in total. The molecule has 3 aromatic carbocycles. The van der Waals surface area contributed by atoms with E-state index in [0.29, 0.717) is 12.5 Å². The molecule has 1 aliphatic carbocycles. The number of hydrogen-bond acceptors (Lipinski definition) is 5. The lowest BCUT2D eigenvalue weighted by molar-refractivity contribution is 0.0459. The third kappa shape index (κ3) is 5.30.